The fourth-order valence-electron chi connectivity index (χ4n) is 1.93. The number of ether oxygens (including phenoxy) is 1. The van der Waals surface area contributed by atoms with E-state index in [1.54, 1.807) is 0 Å². The highest BCUT2D eigenvalue weighted by Crippen LogP contribution is 2.18. The third-order valence-electron chi connectivity index (χ3n) is 2.73. The number of carbonyl (C=O) groups is 1. The Balaban J connectivity index is 1.90. The molecule has 1 saturated heterocycles. The van der Waals surface area contributed by atoms with E-state index in [4.69, 9.17) is 4.74 Å². The van der Waals surface area contributed by atoms with Crippen molar-refractivity contribution in [1.82, 2.24) is 5.32 Å². The Labute approximate surface area is 101 Å². The first kappa shape index (κ1) is 11.9. The Kier molecular flexibility index (Phi) is 3.98. The van der Waals surface area contributed by atoms with Crippen molar-refractivity contribution >= 4 is 11.6 Å². The maximum absolute atomic E-state index is 10.9. The minimum atomic E-state index is -0.0600. The van der Waals surface area contributed by atoms with Crippen LogP contribution in [0.25, 0.3) is 0 Å². The lowest BCUT2D eigenvalue weighted by molar-refractivity contribution is -0.114. The number of anilines is 1. The van der Waals surface area contributed by atoms with Crippen LogP contribution in [0.3, 0.4) is 0 Å². The predicted molar refractivity (Wildman–Crippen MR) is 67.3 cm³/mol. The second kappa shape index (κ2) is 5.68. The van der Waals surface area contributed by atoms with E-state index in [1.807, 2.05) is 24.3 Å². The lowest BCUT2D eigenvalue weighted by Crippen LogP contribution is -2.37. The van der Waals surface area contributed by atoms with Crippen molar-refractivity contribution in [2.24, 2.45) is 0 Å². The van der Waals surface area contributed by atoms with Gasteiger partial charge >= 0.3 is 0 Å². The molecule has 4 heteroatoms. The average Bonchev–Trinajstić information content (AvgIpc) is 2.32. The van der Waals surface area contributed by atoms with Crippen molar-refractivity contribution in [3.05, 3.63) is 24.3 Å². The molecule has 2 rings (SSSR count). The van der Waals surface area contributed by atoms with Gasteiger partial charge in [-0.25, -0.2) is 0 Å². The van der Waals surface area contributed by atoms with Crippen molar-refractivity contribution in [1.29, 1.82) is 0 Å². The van der Waals surface area contributed by atoms with Gasteiger partial charge in [-0.1, -0.05) is 0 Å². The summed E-state index contributed by atoms with van der Waals surface area (Å²) in [4.78, 5) is 10.9. The van der Waals surface area contributed by atoms with Crippen LogP contribution >= 0.6 is 0 Å². The molecule has 1 aliphatic rings. The Hall–Kier alpha value is -1.55. The highest BCUT2D eigenvalue weighted by atomic mass is 16.5. The van der Waals surface area contributed by atoms with Gasteiger partial charge in [-0.3, -0.25) is 4.79 Å². The molecule has 0 aromatic heterocycles. The first-order chi connectivity index (χ1) is 8.24. The fraction of sp³-hybridized carbons (Fsp3) is 0.462. The van der Waals surface area contributed by atoms with Crippen molar-refractivity contribution < 1.29 is 9.53 Å². The first-order valence-corrected chi connectivity index (χ1v) is 5.99. The smallest absolute Gasteiger partial charge is 0.221 e. The van der Waals surface area contributed by atoms with Gasteiger partial charge in [-0.05, 0) is 43.7 Å². The van der Waals surface area contributed by atoms with Crippen LogP contribution in [0.1, 0.15) is 19.8 Å². The normalized spacial score (nSPS) is 19.7. The van der Waals surface area contributed by atoms with Crippen molar-refractivity contribution in [3.63, 3.8) is 0 Å². The van der Waals surface area contributed by atoms with Gasteiger partial charge in [0.2, 0.25) is 5.91 Å². The lowest BCUT2D eigenvalue weighted by atomic mass is 10.1. The maximum atomic E-state index is 10.9. The topological polar surface area (TPSA) is 50.4 Å². The zero-order chi connectivity index (χ0) is 12.1. The molecule has 0 unspecified atom stereocenters. The number of hydrogen-bond donors (Lipinski definition) is 2. The molecular formula is C13H18N2O2. The van der Waals surface area contributed by atoms with Gasteiger partial charge in [-0.15, -0.1) is 0 Å². The Morgan fingerprint density at radius 3 is 2.76 bits per heavy atom. The first-order valence-electron chi connectivity index (χ1n) is 5.99. The van der Waals surface area contributed by atoms with Gasteiger partial charge in [0.1, 0.15) is 11.9 Å². The van der Waals surface area contributed by atoms with Crippen LogP contribution in [0.15, 0.2) is 24.3 Å². The van der Waals surface area contributed by atoms with Crippen molar-refractivity contribution in [3.8, 4) is 5.75 Å². The summed E-state index contributed by atoms with van der Waals surface area (Å²) in [6.07, 6.45) is 2.52. The monoisotopic (exact) mass is 234 g/mol. The van der Waals surface area contributed by atoms with Gasteiger partial charge < -0.3 is 15.4 Å². The Morgan fingerprint density at radius 1 is 1.41 bits per heavy atom. The highest BCUT2D eigenvalue weighted by Gasteiger charge is 2.13. The maximum Gasteiger partial charge on any atom is 0.221 e. The van der Waals surface area contributed by atoms with Crippen LogP contribution in [0.5, 0.6) is 5.75 Å². The van der Waals surface area contributed by atoms with E-state index >= 15 is 0 Å². The molecule has 1 heterocycles. The Morgan fingerprint density at radius 2 is 2.18 bits per heavy atom. The van der Waals surface area contributed by atoms with Crippen LogP contribution < -0.4 is 15.4 Å². The summed E-state index contributed by atoms with van der Waals surface area (Å²) in [6, 6.07) is 7.49. The molecule has 4 nitrogen and oxygen atoms in total. The highest BCUT2D eigenvalue weighted by molar-refractivity contribution is 5.88. The second-order valence-electron chi connectivity index (χ2n) is 4.29. The molecule has 17 heavy (non-hydrogen) atoms. The van der Waals surface area contributed by atoms with Crippen molar-refractivity contribution in [2.45, 2.75) is 25.9 Å². The van der Waals surface area contributed by atoms with E-state index in [9.17, 15) is 4.79 Å². The van der Waals surface area contributed by atoms with E-state index in [0.29, 0.717) is 0 Å². The van der Waals surface area contributed by atoms with Crippen LogP contribution in [-0.4, -0.2) is 25.1 Å². The van der Waals surface area contributed by atoms with Gasteiger partial charge in [0.05, 0.1) is 0 Å². The van der Waals surface area contributed by atoms with Crippen LogP contribution in [0.2, 0.25) is 0 Å². The van der Waals surface area contributed by atoms with E-state index < -0.39 is 0 Å². The Bertz CT molecular complexity index is 370. The number of amides is 1. The number of piperidine rings is 1. The molecule has 1 amide bonds. The average molecular weight is 234 g/mol. The van der Waals surface area contributed by atoms with Gasteiger partial charge in [0.15, 0.2) is 0 Å². The number of nitrogens with one attached hydrogen (secondary N) is 2. The van der Waals surface area contributed by atoms with Gasteiger partial charge in [0.25, 0.3) is 0 Å². The lowest BCUT2D eigenvalue weighted by Gasteiger charge is -2.24. The van der Waals surface area contributed by atoms with Crippen LogP contribution in [0, 0.1) is 0 Å². The molecular weight excluding hydrogens is 216 g/mol. The molecule has 1 fully saturated rings. The second-order valence-corrected chi connectivity index (χ2v) is 4.29. The summed E-state index contributed by atoms with van der Waals surface area (Å²) in [6.45, 7) is 3.49. The van der Waals surface area contributed by atoms with E-state index in [0.717, 1.165) is 37.4 Å². The fourth-order valence-corrected chi connectivity index (χ4v) is 1.93. The zero-order valence-electron chi connectivity index (χ0n) is 10.0. The quantitative estimate of drug-likeness (QED) is 0.838. The van der Waals surface area contributed by atoms with Crippen LogP contribution in [0.4, 0.5) is 5.69 Å². The SMILES string of the molecule is CC(=O)Nc1ccc(O[C@@H]2CCCNC2)cc1. The molecule has 92 valence electrons. The summed E-state index contributed by atoms with van der Waals surface area (Å²) in [7, 11) is 0. The summed E-state index contributed by atoms with van der Waals surface area (Å²) in [5, 5.41) is 6.04. The number of rotatable bonds is 3. The van der Waals surface area contributed by atoms with E-state index in [2.05, 4.69) is 10.6 Å². The largest absolute Gasteiger partial charge is 0.489 e. The van der Waals surface area contributed by atoms with Crippen molar-refractivity contribution in [2.75, 3.05) is 18.4 Å². The van der Waals surface area contributed by atoms with Gasteiger partial charge in [-0.2, -0.15) is 0 Å². The molecule has 1 atom stereocenters. The molecule has 2 N–H and O–H groups in total. The van der Waals surface area contributed by atoms with E-state index in [-0.39, 0.29) is 12.0 Å². The molecule has 0 aliphatic carbocycles. The number of hydrogen-bond acceptors (Lipinski definition) is 3. The molecule has 1 aromatic rings. The molecule has 0 spiro atoms. The third-order valence-corrected chi connectivity index (χ3v) is 2.73. The molecule has 0 radical (unpaired) electrons. The summed E-state index contributed by atoms with van der Waals surface area (Å²) >= 11 is 0. The van der Waals surface area contributed by atoms with E-state index in [1.165, 1.54) is 6.92 Å². The predicted octanol–water partition coefficient (Wildman–Crippen LogP) is 1.78. The molecule has 1 aliphatic heterocycles. The third kappa shape index (κ3) is 3.75. The minimum Gasteiger partial charge on any atom is -0.489 e. The number of carbonyl (C=O) groups excluding carboxylic acids is 1. The molecule has 0 bridgehead atoms. The number of benzene rings is 1. The standard InChI is InChI=1S/C13H18N2O2/c1-10(16)15-11-4-6-12(7-5-11)17-13-3-2-8-14-9-13/h4-7,13-14H,2-3,8-9H2,1H3,(H,15,16)/t13-/m1/s1. The molecule has 0 saturated carbocycles. The minimum absolute atomic E-state index is 0.0600. The summed E-state index contributed by atoms with van der Waals surface area (Å²) in [5.74, 6) is 0.794. The van der Waals surface area contributed by atoms with Crippen LogP contribution in [-0.2, 0) is 4.79 Å². The summed E-state index contributed by atoms with van der Waals surface area (Å²) in [5.41, 5.74) is 0.798. The summed E-state index contributed by atoms with van der Waals surface area (Å²) < 4.78 is 5.84. The zero-order valence-corrected chi connectivity index (χ0v) is 10.0. The molecule has 1 aromatic carbocycles. The van der Waals surface area contributed by atoms with Gasteiger partial charge in [0, 0.05) is 19.2 Å².